The molecule has 66 valence electrons. The van der Waals surface area contributed by atoms with Crippen molar-refractivity contribution < 1.29 is 4.74 Å². The third-order valence-electron chi connectivity index (χ3n) is 1.64. The topological polar surface area (TPSA) is 59.1 Å². The molecule has 0 heterocycles. The molecule has 0 radical (unpaired) electrons. The van der Waals surface area contributed by atoms with E-state index in [2.05, 4.69) is 0 Å². The largest absolute Gasteiger partial charge is 0.462 e. The van der Waals surface area contributed by atoms with Crippen LogP contribution in [-0.2, 0) is 4.74 Å². The standard InChI is InChI=1S/C8H11ClN2O/c9-7-3-1-2-6(4-7)8(11)12-5-10/h1-3,5,7-8,10H,4,11H2. The van der Waals surface area contributed by atoms with Crippen molar-refractivity contribution in [2.75, 3.05) is 0 Å². The first-order valence-corrected chi connectivity index (χ1v) is 4.09. The first-order valence-electron chi connectivity index (χ1n) is 3.65. The second-order valence-corrected chi connectivity index (χ2v) is 3.08. The van der Waals surface area contributed by atoms with Crippen molar-refractivity contribution in [3.63, 3.8) is 0 Å². The molecule has 0 saturated heterocycles. The fourth-order valence-electron chi connectivity index (χ4n) is 1.03. The highest BCUT2D eigenvalue weighted by atomic mass is 35.5. The molecule has 1 aliphatic carbocycles. The SMILES string of the molecule is N=COC(N)C1=CC=CC(Cl)C1. The van der Waals surface area contributed by atoms with E-state index in [4.69, 9.17) is 27.5 Å². The van der Waals surface area contributed by atoms with Gasteiger partial charge in [-0.15, -0.1) is 11.6 Å². The van der Waals surface area contributed by atoms with Gasteiger partial charge in [-0.2, -0.15) is 0 Å². The summed E-state index contributed by atoms with van der Waals surface area (Å²) in [5.41, 5.74) is 6.50. The van der Waals surface area contributed by atoms with E-state index in [1.54, 1.807) is 0 Å². The molecule has 12 heavy (non-hydrogen) atoms. The number of nitrogens with two attached hydrogens (primary N) is 1. The molecule has 0 fully saturated rings. The molecule has 0 spiro atoms. The summed E-state index contributed by atoms with van der Waals surface area (Å²) in [7, 11) is 0. The van der Waals surface area contributed by atoms with Crippen molar-refractivity contribution in [2.24, 2.45) is 5.73 Å². The summed E-state index contributed by atoms with van der Waals surface area (Å²) >= 11 is 5.86. The van der Waals surface area contributed by atoms with Gasteiger partial charge in [-0.05, 0) is 12.0 Å². The molecular weight excluding hydrogens is 176 g/mol. The quantitative estimate of drug-likeness (QED) is 0.303. The van der Waals surface area contributed by atoms with E-state index in [1.807, 2.05) is 18.2 Å². The smallest absolute Gasteiger partial charge is 0.171 e. The molecule has 3 nitrogen and oxygen atoms in total. The number of nitrogens with one attached hydrogen (secondary N) is 1. The predicted molar refractivity (Wildman–Crippen MR) is 49.3 cm³/mol. The van der Waals surface area contributed by atoms with Crippen LogP contribution in [0.15, 0.2) is 23.8 Å². The second kappa shape index (κ2) is 4.28. The van der Waals surface area contributed by atoms with Crippen LogP contribution in [0.1, 0.15) is 6.42 Å². The van der Waals surface area contributed by atoms with Crippen LogP contribution in [0.25, 0.3) is 0 Å². The summed E-state index contributed by atoms with van der Waals surface area (Å²) in [6, 6.07) is 0. The van der Waals surface area contributed by atoms with Gasteiger partial charge in [0, 0.05) is 0 Å². The van der Waals surface area contributed by atoms with Crippen molar-refractivity contribution in [1.82, 2.24) is 0 Å². The Labute approximate surface area is 76.4 Å². The Kier molecular flexibility index (Phi) is 3.31. The predicted octanol–water partition coefficient (Wildman–Crippen LogP) is 1.39. The third-order valence-corrected chi connectivity index (χ3v) is 1.94. The summed E-state index contributed by atoms with van der Waals surface area (Å²) < 4.78 is 4.79. The lowest BCUT2D eigenvalue weighted by molar-refractivity contribution is 0.238. The van der Waals surface area contributed by atoms with Crippen molar-refractivity contribution in [1.29, 1.82) is 5.41 Å². The molecule has 0 amide bonds. The molecule has 0 aliphatic heterocycles. The molecule has 1 rings (SSSR count). The van der Waals surface area contributed by atoms with Gasteiger partial charge in [0.15, 0.2) is 12.6 Å². The summed E-state index contributed by atoms with van der Waals surface area (Å²) in [5.74, 6) is 0. The van der Waals surface area contributed by atoms with Gasteiger partial charge >= 0.3 is 0 Å². The fraction of sp³-hybridized carbons (Fsp3) is 0.375. The van der Waals surface area contributed by atoms with Crippen molar-refractivity contribution in [2.45, 2.75) is 18.0 Å². The first kappa shape index (κ1) is 9.29. The molecular formula is C8H11ClN2O. The van der Waals surface area contributed by atoms with E-state index >= 15 is 0 Å². The van der Waals surface area contributed by atoms with Gasteiger partial charge < -0.3 is 4.74 Å². The van der Waals surface area contributed by atoms with E-state index in [0.717, 1.165) is 12.0 Å². The lowest BCUT2D eigenvalue weighted by Crippen LogP contribution is -2.27. The zero-order chi connectivity index (χ0) is 8.97. The minimum Gasteiger partial charge on any atom is -0.462 e. The Morgan fingerprint density at radius 1 is 1.83 bits per heavy atom. The molecule has 2 atom stereocenters. The van der Waals surface area contributed by atoms with Crippen LogP contribution < -0.4 is 5.73 Å². The maximum Gasteiger partial charge on any atom is 0.171 e. The minimum atomic E-state index is -0.534. The number of hydrogen-bond acceptors (Lipinski definition) is 3. The summed E-state index contributed by atoms with van der Waals surface area (Å²) in [6.45, 7) is 0. The molecule has 0 aromatic carbocycles. The monoisotopic (exact) mass is 186 g/mol. The van der Waals surface area contributed by atoms with Gasteiger partial charge in [-0.25, -0.2) is 0 Å². The molecule has 0 aromatic heterocycles. The zero-order valence-corrected chi connectivity index (χ0v) is 7.29. The Balaban J connectivity index is 2.56. The minimum absolute atomic E-state index is 0.00890. The summed E-state index contributed by atoms with van der Waals surface area (Å²) in [5, 5.41) is 6.69. The fourth-order valence-corrected chi connectivity index (χ4v) is 1.29. The highest BCUT2D eigenvalue weighted by Crippen LogP contribution is 2.19. The van der Waals surface area contributed by atoms with Crippen LogP contribution >= 0.6 is 11.6 Å². The lowest BCUT2D eigenvalue weighted by atomic mass is 10.0. The Bertz CT molecular complexity index is 225. The van der Waals surface area contributed by atoms with Gasteiger partial charge in [0.05, 0.1) is 5.38 Å². The van der Waals surface area contributed by atoms with E-state index in [0.29, 0.717) is 6.42 Å². The van der Waals surface area contributed by atoms with Gasteiger partial charge in [-0.3, -0.25) is 11.1 Å². The van der Waals surface area contributed by atoms with Crippen LogP contribution in [0.4, 0.5) is 0 Å². The van der Waals surface area contributed by atoms with Crippen molar-refractivity contribution >= 4 is 18.0 Å². The number of rotatable bonds is 3. The highest BCUT2D eigenvalue weighted by molar-refractivity contribution is 6.22. The highest BCUT2D eigenvalue weighted by Gasteiger charge is 2.14. The molecule has 4 heteroatoms. The van der Waals surface area contributed by atoms with Gasteiger partial charge in [0.2, 0.25) is 0 Å². The number of alkyl halides is 1. The van der Waals surface area contributed by atoms with Crippen molar-refractivity contribution in [3.05, 3.63) is 23.8 Å². The number of hydrogen-bond donors (Lipinski definition) is 2. The van der Waals surface area contributed by atoms with Crippen LogP contribution in [-0.4, -0.2) is 18.0 Å². The van der Waals surface area contributed by atoms with Crippen LogP contribution in [0, 0.1) is 5.41 Å². The van der Waals surface area contributed by atoms with E-state index in [9.17, 15) is 0 Å². The van der Waals surface area contributed by atoms with Crippen LogP contribution in [0.2, 0.25) is 0 Å². The maximum absolute atomic E-state index is 6.70. The molecule has 0 saturated carbocycles. The van der Waals surface area contributed by atoms with Gasteiger partial charge in [-0.1, -0.05) is 18.2 Å². The summed E-state index contributed by atoms with van der Waals surface area (Å²) in [4.78, 5) is 0. The lowest BCUT2D eigenvalue weighted by Gasteiger charge is -2.18. The molecule has 3 N–H and O–H groups in total. The average molecular weight is 187 g/mol. The average Bonchev–Trinajstić information content (AvgIpc) is 2.05. The van der Waals surface area contributed by atoms with Gasteiger partial charge in [0.1, 0.15) is 0 Å². The van der Waals surface area contributed by atoms with E-state index in [1.165, 1.54) is 0 Å². The third kappa shape index (κ3) is 2.36. The number of ether oxygens (including phenoxy) is 1. The maximum atomic E-state index is 6.70. The Hall–Kier alpha value is -0.800. The molecule has 1 aliphatic rings. The number of halogens is 1. The molecule has 0 bridgehead atoms. The molecule has 0 aromatic rings. The van der Waals surface area contributed by atoms with Gasteiger partial charge in [0.25, 0.3) is 0 Å². The van der Waals surface area contributed by atoms with Crippen molar-refractivity contribution in [3.8, 4) is 0 Å². The van der Waals surface area contributed by atoms with E-state index in [-0.39, 0.29) is 5.38 Å². The van der Waals surface area contributed by atoms with E-state index < -0.39 is 6.23 Å². The normalized spacial score (nSPS) is 24.5. The number of allylic oxidation sites excluding steroid dienone is 3. The second-order valence-electron chi connectivity index (χ2n) is 2.52. The van der Waals surface area contributed by atoms with Crippen LogP contribution in [0.3, 0.4) is 0 Å². The Morgan fingerprint density at radius 2 is 2.58 bits per heavy atom. The zero-order valence-electron chi connectivity index (χ0n) is 6.53. The first-order chi connectivity index (χ1) is 5.74. The van der Waals surface area contributed by atoms with Crippen LogP contribution in [0.5, 0.6) is 0 Å². The molecule has 2 unspecified atom stereocenters. The summed E-state index contributed by atoms with van der Waals surface area (Å²) in [6.07, 6.45) is 6.60. The Morgan fingerprint density at radius 3 is 3.17 bits per heavy atom.